The molecule has 1 amide bonds. The van der Waals surface area contributed by atoms with Gasteiger partial charge in [-0.15, -0.1) is 0 Å². The molecule has 0 bridgehead atoms. The summed E-state index contributed by atoms with van der Waals surface area (Å²) in [6.45, 7) is 2.49. The van der Waals surface area contributed by atoms with Gasteiger partial charge in [-0.1, -0.05) is 0 Å². The van der Waals surface area contributed by atoms with Crippen molar-refractivity contribution in [2.75, 3.05) is 26.2 Å². The molecule has 116 valence electrons. The van der Waals surface area contributed by atoms with Gasteiger partial charge in [0.25, 0.3) is 0 Å². The molecule has 5 nitrogen and oxygen atoms in total. The molecule has 1 fully saturated rings. The molecular formula is C13H16F2N2O3S. The normalized spacial score (nSPS) is 17.6. The lowest BCUT2D eigenvalue weighted by Crippen LogP contribution is -2.36. The third-order valence-electron chi connectivity index (χ3n) is 3.37. The highest BCUT2D eigenvalue weighted by molar-refractivity contribution is 7.89. The highest BCUT2D eigenvalue weighted by Gasteiger charge is 2.28. The van der Waals surface area contributed by atoms with Gasteiger partial charge < -0.3 is 4.90 Å². The van der Waals surface area contributed by atoms with E-state index in [4.69, 9.17) is 0 Å². The van der Waals surface area contributed by atoms with Crippen LogP contribution in [0.2, 0.25) is 0 Å². The number of carbonyl (C=O) groups excluding carboxylic acids is 1. The Kier molecular flexibility index (Phi) is 4.58. The average molecular weight is 318 g/mol. The molecule has 0 N–H and O–H groups in total. The summed E-state index contributed by atoms with van der Waals surface area (Å²) in [6, 6.07) is 2.22. The van der Waals surface area contributed by atoms with Crippen LogP contribution in [0.1, 0.15) is 13.3 Å². The summed E-state index contributed by atoms with van der Waals surface area (Å²) in [5.41, 5.74) is 0. The van der Waals surface area contributed by atoms with E-state index in [1.54, 1.807) is 4.90 Å². The minimum atomic E-state index is -3.96. The molecule has 0 aliphatic carbocycles. The molecule has 1 heterocycles. The van der Waals surface area contributed by atoms with Crippen molar-refractivity contribution in [3.05, 3.63) is 29.8 Å². The summed E-state index contributed by atoms with van der Waals surface area (Å²) < 4.78 is 52.4. The first-order valence-corrected chi connectivity index (χ1v) is 7.96. The lowest BCUT2D eigenvalue weighted by Gasteiger charge is -2.21. The monoisotopic (exact) mass is 318 g/mol. The average Bonchev–Trinajstić information content (AvgIpc) is 2.63. The Morgan fingerprint density at radius 2 is 1.67 bits per heavy atom. The zero-order valence-electron chi connectivity index (χ0n) is 11.6. The van der Waals surface area contributed by atoms with Gasteiger partial charge in [-0.25, -0.2) is 17.2 Å². The number of hydrogen-bond acceptors (Lipinski definition) is 3. The van der Waals surface area contributed by atoms with E-state index in [9.17, 15) is 22.0 Å². The molecule has 1 aliphatic heterocycles. The zero-order chi connectivity index (χ0) is 15.6. The first kappa shape index (κ1) is 15.8. The van der Waals surface area contributed by atoms with Crippen LogP contribution in [0.5, 0.6) is 0 Å². The third kappa shape index (κ3) is 3.56. The fraction of sp³-hybridized carbons (Fsp3) is 0.462. The molecule has 0 spiro atoms. The highest BCUT2D eigenvalue weighted by atomic mass is 32.2. The Bertz CT molecular complexity index is 629. The zero-order valence-corrected chi connectivity index (χ0v) is 12.4. The maximum absolute atomic E-state index is 13.2. The van der Waals surface area contributed by atoms with Crippen LogP contribution in [0.4, 0.5) is 8.78 Å². The first-order chi connectivity index (χ1) is 9.80. The Hall–Kier alpha value is -1.54. The second kappa shape index (κ2) is 6.07. The number of nitrogens with zero attached hydrogens (tertiary/aromatic N) is 2. The summed E-state index contributed by atoms with van der Waals surface area (Å²) in [7, 11) is -3.96. The highest BCUT2D eigenvalue weighted by Crippen LogP contribution is 2.20. The van der Waals surface area contributed by atoms with Gasteiger partial charge in [-0.05, 0) is 18.6 Å². The van der Waals surface area contributed by atoms with E-state index in [0.29, 0.717) is 19.0 Å². The largest absolute Gasteiger partial charge is 0.342 e. The second-order valence-corrected chi connectivity index (χ2v) is 6.81. The second-order valence-electron chi connectivity index (χ2n) is 4.87. The number of rotatable bonds is 2. The van der Waals surface area contributed by atoms with Crippen LogP contribution in [0.3, 0.4) is 0 Å². The van der Waals surface area contributed by atoms with Crippen molar-refractivity contribution in [2.45, 2.75) is 18.2 Å². The fourth-order valence-electron chi connectivity index (χ4n) is 2.28. The van der Waals surface area contributed by atoms with Crippen molar-refractivity contribution in [3.8, 4) is 0 Å². The molecule has 0 aromatic heterocycles. The number of carbonyl (C=O) groups is 1. The van der Waals surface area contributed by atoms with Crippen LogP contribution in [-0.2, 0) is 14.8 Å². The minimum absolute atomic E-state index is 0.111. The molecular weight excluding hydrogens is 302 g/mol. The minimum Gasteiger partial charge on any atom is -0.342 e. The van der Waals surface area contributed by atoms with Crippen LogP contribution >= 0.6 is 0 Å². The van der Waals surface area contributed by atoms with Crippen LogP contribution in [0.25, 0.3) is 0 Å². The van der Waals surface area contributed by atoms with Crippen molar-refractivity contribution in [1.29, 1.82) is 0 Å². The van der Waals surface area contributed by atoms with E-state index >= 15 is 0 Å². The van der Waals surface area contributed by atoms with Gasteiger partial charge in [0.2, 0.25) is 15.9 Å². The molecule has 0 saturated carbocycles. The Balaban J connectivity index is 2.25. The maximum Gasteiger partial charge on any atom is 0.243 e. The molecule has 0 radical (unpaired) electrons. The number of amides is 1. The molecule has 0 unspecified atom stereocenters. The van der Waals surface area contributed by atoms with Gasteiger partial charge in [-0.3, -0.25) is 4.79 Å². The summed E-state index contributed by atoms with van der Waals surface area (Å²) >= 11 is 0. The van der Waals surface area contributed by atoms with Gasteiger partial charge in [0.1, 0.15) is 11.6 Å². The van der Waals surface area contributed by atoms with Gasteiger partial charge in [-0.2, -0.15) is 4.31 Å². The summed E-state index contributed by atoms with van der Waals surface area (Å²) in [5.74, 6) is -1.99. The number of halogens is 2. The first-order valence-electron chi connectivity index (χ1n) is 6.52. The quantitative estimate of drug-likeness (QED) is 0.823. The molecule has 1 aromatic rings. The van der Waals surface area contributed by atoms with E-state index in [1.807, 2.05) is 0 Å². The number of sulfonamides is 1. The lowest BCUT2D eigenvalue weighted by molar-refractivity contribution is -0.128. The van der Waals surface area contributed by atoms with Crippen LogP contribution in [-0.4, -0.2) is 49.7 Å². The third-order valence-corrected chi connectivity index (χ3v) is 5.25. The molecule has 2 rings (SSSR count). The molecule has 8 heteroatoms. The molecule has 1 saturated heterocycles. The van der Waals surface area contributed by atoms with Crippen LogP contribution in [0.15, 0.2) is 23.1 Å². The van der Waals surface area contributed by atoms with Crippen LogP contribution < -0.4 is 0 Å². The predicted molar refractivity (Wildman–Crippen MR) is 72.0 cm³/mol. The van der Waals surface area contributed by atoms with E-state index in [2.05, 4.69) is 0 Å². The SMILES string of the molecule is CC(=O)N1CCCN(S(=O)(=O)c2cc(F)cc(F)c2)CC1. The van der Waals surface area contributed by atoms with Crippen molar-refractivity contribution in [1.82, 2.24) is 9.21 Å². The van der Waals surface area contributed by atoms with Crippen molar-refractivity contribution in [3.63, 3.8) is 0 Å². The summed E-state index contributed by atoms with van der Waals surface area (Å²) in [6.07, 6.45) is 0.483. The van der Waals surface area contributed by atoms with Crippen LogP contribution in [0, 0.1) is 11.6 Å². The van der Waals surface area contributed by atoms with Gasteiger partial charge in [0.05, 0.1) is 4.90 Å². The van der Waals surface area contributed by atoms with E-state index < -0.39 is 26.6 Å². The molecule has 1 aromatic carbocycles. The molecule has 1 aliphatic rings. The molecule has 21 heavy (non-hydrogen) atoms. The van der Waals surface area contributed by atoms with E-state index in [-0.39, 0.29) is 25.5 Å². The standard InChI is InChI=1S/C13H16F2N2O3S/c1-10(18)16-3-2-4-17(6-5-16)21(19,20)13-8-11(14)7-12(15)9-13/h7-9H,2-6H2,1H3. The summed E-state index contributed by atoms with van der Waals surface area (Å²) in [4.78, 5) is 12.5. The van der Waals surface area contributed by atoms with Gasteiger partial charge >= 0.3 is 0 Å². The number of benzene rings is 1. The Morgan fingerprint density at radius 1 is 1.05 bits per heavy atom. The number of hydrogen-bond donors (Lipinski definition) is 0. The van der Waals surface area contributed by atoms with Crippen molar-refractivity contribution < 1.29 is 22.0 Å². The van der Waals surface area contributed by atoms with Crippen molar-refractivity contribution >= 4 is 15.9 Å². The summed E-state index contributed by atoms with van der Waals surface area (Å²) in [5, 5.41) is 0. The topological polar surface area (TPSA) is 57.7 Å². The Morgan fingerprint density at radius 3 is 2.24 bits per heavy atom. The van der Waals surface area contributed by atoms with E-state index in [0.717, 1.165) is 16.4 Å². The van der Waals surface area contributed by atoms with Gasteiger partial charge in [0.15, 0.2) is 0 Å². The fourth-order valence-corrected chi connectivity index (χ4v) is 3.79. The predicted octanol–water partition coefficient (Wildman–Crippen LogP) is 1.21. The van der Waals surface area contributed by atoms with E-state index in [1.165, 1.54) is 6.92 Å². The smallest absolute Gasteiger partial charge is 0.243 e. The Labute approximate surface area is 122 Å². The van der Waals surface area contributed by atoms with Gasteiger partial charge in [0, 0.05) is 39.2 Å². The maximum atomic E-state index is 13.2. The molecule has 0 atom stereocenters. The lowest BCUT2D eigenvalue weighted by atomic mass is 10.3. The van der Waals surface area contributed by atoms with Crippen molar-refractivity contribution in [2.24, 2.45) is 0 Å².